The van der Waals surface area contributed by atoms with E-state index in [2.05, 4.69) is 0 Å². The van der Waals surface area contributed by atoms with Gasteiger partial charge in [0, 0.05) is 18.1 Å². The normalized spacial score (nSPS) is 21.2. The lowest BCUT2D eigenvalue weighted by Gasteiger charge is -2.25. The third-order valence-corrected chi connectivity index (χ3v) is 5.90. The van der Waals surface area contributed by atoms with Gasteiger partial charge in [-0.1, -0.05) is 30.3 Å². The van der Waals surface area contributed by atoms with Crippen LogP contribution in [0.1, 0.15) is 29.7 Å². The molecule has 0 aromatic heterocycles. The van der Waals surface area contributed by atoms with Crippen molar-refractivity contribution in [3.63, 3.8) is 0 Å². The average molecular weight is 447 g/mol. The van der Waals surface area contributed by atoms with Gasteiger partial charge in [-0.25, -0.2) is 8.78 Å². The number of benzene rings is 3. The molecule has 0 bridgehead atoms. The van der Waals surface area contributed by atoms with Crippen LogP contribution in [0.5, 0.6) is 5.75 Å². The van der Waals surface area contributed by atoms with Gasteiger partial charge >= 0.3 is 0 Å². The monoisotopic (exact) mass is 447 g/mol. The van der Waals surface area contributed by atoms with Crippen LogP contribution in [0.15, 0.2) is 72.3 Å². The van der Waals surface area contributed by atoms with E-state index in [4.69, 9.17) is 4.74 Å². The zero-order chi connectivity index (χ0) is 23.3. The number of ether oxygens (including phenoxy) is 1. The Balaban J connectivity index is 1.71. The van der Waals surface area contributed by atoms with Crippen LogP contribution in [0.2, 0.25) is 0 Å². The van der Waals surface area contributed by atoms with Crippen LogP contribution < -0.4 is 9.64 Å². The van der Waals surface area contributed by atoms with Gasteiger partial charge in [-0.2, -0.15) is 0 Å². The molecule has 3 aromatic rings. The second-order valence-corrected chi connectivity index (χ2v) is 8.13. The molecule has 0 radical (unpaired) electrons. The van der Waals surface area contributed by atoms with Crippen molar-refractivity contribution in [2.24, 2.45) is 0 Å². The lowest BCUT2D eigenvalue weighted by Crippen LogP contribution is -2.30. The maximum absolute atomic E-state index is 14.7. The minimum atomic E-state index is -1.13. The van der Waals surface area contributed by atoms with Gasteiger partial charge in [0.15, 0.2) is 0 Å². The number of aliphatic hydroxyl groups excluding tert-OH is 1. The Labute approximate surface area is 188 Å². The van der Waals surface area contributed by atoms with Crippen molar-refractivity contribution in [1.29, 1.82) is 0 Å². The van der Waals surface area contributed by atoms with Crippen molar-refractivity contribution in [1.82, 2.24) is 0 Å². The number of halogens is 2. The molecular weight excluding hydrogens is 428 g/mol. The highest BCUT2D eigenvalue weighted by atomic mass is 19.1. The number of fused-ring (bicyclic) bond motifs is 1. The smallest absolute Gasteiger partial charge is 0.300 e. The maximum Gasteiger partial charge on any atom is 0.300 e. The third-order valence-electron chi connectivity index (χ3n) is 5.90. The summed E-state index contributed by atoms with van der Waals surface area (Å²) in [6.45, 7) is 1.92. The highest BCUT2D eigenvalue weighted by Gasteiger charge is 2.47. The molecule has 2 aliphatic heterocycles. The van der Waals surface area contributed by atoms with Crippen LogP contribution in [-0.2, 0) is 16.0 Å². The molecular formula is C26H19F2NO4. The van der Waals surface area contributed by atoms with E-state index in [1.54, 1.807) is 48.5 Å². The van der Waals surface area contributed by atoms with E-state index in [1.807, 2.05) is 6.92 Å². The van der Waals surface area contributed by atoms with Crippen molar-refractivity contribution in [3.05, 3.63) is 101 Å². The fourth-order valence-corrected chi connectivity index (χ4v) is 4.43. The molecule has 166 valence electrons. The molecule has 33 heavy (non-hydrogen) atoms. The summed E-state index contributed by atoms with van der Waals surface area (Å²) >= 11 is 0. The number of hydrogen-bond donors (Lipinski definition) is 1. The molecule has 3 aromatic carbocycles. The van der Waals surface area contributed by atoms with Crippen molar-refractivity contribution in [2.45, 2.75) is 25.5 Å². The standard InChI is InChI=1S/C26H19F2NO4/c1-14-11-17-12-16(7-10-21(17)33-14)24(30)22-23(15-5-3-2-4-6-15)29(26(32)25(22)31)20-13-18(27)8-9-19(20)28/h2-10,12-14,23,30H,11H2,1H3/b24-22-. The van der Waals surface area contributed by atoms with Crippen LogP contribution in [0.4, 0.5) is 14.5 Å². The molecule has 2 aliphatic rings. The van der Waals surface area contributed by atoms with E-state index in [1.165, 1.54) is 0 Å². The molecule has 1 saturated heterocycles. The minimum Gasteiger partial charge on any atom is -0.507 e. The molecule has 2 unspecified atom stereocenters. The molecule has 5 nitrogen and oxygen atoms in total. The van der Waals surface area contributed by atoms with Crippen LogP contribution in [-0.4, -0.2) is 22.9 Å². The Bertz CT molecular complexity index is 1320. The van der Waals surface area contributed by atoms with Crippen LogP contribution >= 0.6 is 0 Å². The number of amides is 1. The van der Waals surface area contributed by atoms with Crippen LogP contribution in [0, 0.1) is 11.6 Å². The summed E-state index contributed by atoms with van der Waals surface area (Å²) < 4.78 is 34.3. The summed E-state index contributed by atoms with van der Waals surface area (Å²) in [4.78, 5) is 27.1. The Morgan fingerprint density at radius 2 is 1.79 bits per heavy atom. The molecule has 0 saturated carbocycles. The third kappa shape index (κ3) is 3.46. The number of ketones is 1. The number of rotatable bonds is 3. The molecule has 5 rings (SSSR count). The van der Waals surface area contributed by atoms with Crippen molar-refractivity contribution >= 4 is 23.1 Å². The van der Waals surface area contributed by atoms with Gasteiger partial charge in [-0.3, -0.25) is 14.5 Å². The summed E-state index contributed by atoms with van der Waals surface area (Å²) in [5.41, 5.74) is 1.11. The van der Waals surface area contributed by atoms with Gasteiger partial charge in [-0.05, 0) is 48.4 Å². The fourth-order valence-electron chi connectivity index (χ4n) is 4.43. The van der Waals surface area contributed by atoms with Crippen LogP contribution in [0.25, 0.3) is 5.76 Å². The summed E-state index contributed by atoms with van der Waals surface area (Å²) in [5, 5.41) is 11.2. The lowest BCUT2D eigenvalue weighted by atomic mass is 9.94. The first-order valence-corrected chi connectivity index (χ1v) is 10.5. The van der Waals surface area contributed by atoms with E-state index in [0.717, 1.165) is 28.7 Å². The Morgan fingerprint density at radius 3 is 2.55 bits per heavy atom. The summed E-state index contributed by atoms with van der Waals surface area (Å²) in [6, 6.07) is 15.0. The van der Waals surface area contributed by atoms with Gasteiger partial charge in [0.05, 0.1) is 17.3 Å². The average Bonchev–Trinajstić information content (AvgIpc) is 3.31. The number of carbonyl (C=O) groups is 2. The molecule has 1 amide bonds. The largest absolute Gasteiger partial charge is 0.507 e. The SMILES string of the molecule is CC1Cc2cc(/C(O)=C3/C(=O)C(=O)N(c4cc(F)ccc4F)C3c3ccccc3)ccc2O1. The number of nitrogens with zero attached hydrogens (tertiary/aromatic N) is 1. The van der Waals surface area contributed by atoms with E-state index >= 15 is 0 Å². The molecule has 2 atom stereocenters. The van der Waals surface area contributed by atoms with Crippen molar-refractivity contribution in [3.8, 4) is 5.75 Å². The highest BCUT2D eigenvalue weighted by molar-refractivity contribution is 6.51. The molecule has 0 spiro atoms. The summed E-state index contributed by atoms with van der Waals surface area (Å²) in [7, 11) is 0. The zero-order valence-corrected chi connectivity index (χ0v) is 17.6. The van der Waals surface area contributed by atoms with E-state index < -0.39 is 29.4 Å². The molecule has 1 fully saturated rings. The first-order valence-electron chi connectivity index (χ1n) is 10.5. The Hall–Kier alpha value is -4.00. The van der Waals surface area contributed by atoms with Gasteiger partial charge < -0.3 is 9.84 Å². The number of Topliss-reactive ketones (excluding diaryl/α,β-unsaturated/α-hetero) is 1. The lowest BCUT2D eigenvalue weighted by molar-refractivity contribution is -0.132. The summed E-state index contributed by atoms with van der Waals surface area (Å²) in [5.74, 6) is -3.33. The fraction of sp³-hybridized carbons (Fsp3) is 0.154. The second-order valence-electron chi connectivity index (χ2n) is 8.13. The van der Waals surface area contributed by atoms with Crippen molar-refractivity contribution in [2.75, 3.05) is 4.90 Å². The number of hydrogen-bond acceptors (Lipinski definition) is 4. The van der Waals surface area contributed by atoms with E-state index in [9.17, 15) is 23.5 Å². The molecule has 2 heterocycles. The molecule has 1 N–H and O–H groups in total. The number of anilines is 1. The Morgan fingerprint density at radius 1 is 1.03 bits per heavy atom. The van der Waals surface area contributed by atoms with Gasteiger partial charge in [0.25, 0.3) is 11.7 Å². The predicted molar refractivity (Wildman–Crippen MR) is 118 cm³/mol. The number of carbonyl (C=O) groups excluding carboxylic acids is 2. The topological polar surface area (TPSA) is 66.8 Å². The van der Waals surface area contributed by atoms with Gasteiger partial charge in [-0.15, -0.1) is 0 Å². The summed E-state index contributed by atoms with van der Waals surface area (Å²) in [6.07, 6.45) is 0.629. The minimum absolute atomic E-state index is 0.0109. The molecule has 0 aliphatic carbocycles. The molecule has 7 heteroatoms. The van der Waals surface area contributed by atoms with Gasteiger partial charge in [0.1, 0.15) is 29.2 Å². The quantitative estimate of drug-likeness (QED) is 0.352. The highest BCUT2D eigenvalue weighted by Crippen LogP contribution is 2.43. The predicted octanol–water partition coefficient (Wildman–Crippen LogP) is 4.91. The maximum atomic E-state index is 14.7. The Kier molecular flexibility index (Phi) is 4.96. The van der Waals surface area contributed by atoms with E-state index in [0.29, 0.717) is 23.3 Å². The van der Waals surface area contributed by atoms with E-state index in [-0.39, 0.29) is 23.1 Å². The van der Waals surface area contributed by atoms with Crippen LogP contribution in [0.3, 0.4) is 0 Å². The zero-order valence-electron chi connectivity index (χ0n) is 17.6. The first-order chi connectivity index (χ1) is 15.8. The first kappa shape index (κ1) is 20.9. The van der Waals surface area contributed by atoms with Crippen molar-refractivity contribution < 1.29 is 28.2 Å². The number of aliphatic hydroxyl groups is 1. The second kappa shape index (κ2) is 7.85. The van der Waals surface area contributed by atoms with Gasteiger partial charge in [0.2, 0.25) is 0 Å².